The van der Waals surface area contributed by atoms with Crippen molar-refractivity contribution in [2.75, 3.05) is 0 Å². The van der Waals surface area contributed by atoms with Crippen LogP contribution in [0.5, 0.6) is 23.0 Å². The molecule has 0 unspecified atom stereocenters. The van der Waals surface area contributed by atoms with Crippen molar-refractivity contribution >= 4 is 45.6 Å². The summed E-state index contributed by atoms with van der Waals surface area (Å²) in [5, 5.41) is 42.9. The number of hydrogen-bond donors (Lipinski definition) is 4. The lowest BCUT2D eigenvalue weighted by molar-refractivity contribution is -0.288. The van der Waals surface area contributed by atoms with Gasteiger partial charge in [0.1, 0.15) is 23.0 Å². The van der Waals surface area contributed by atoms with Crippen molar-refractivity contribution in [3.05, 3.63) is 128 Å². The van der Waals surface area contributed by atoms with Crippen LogP contribution in [0.2, 0.25) is 0 Å². The van der Waals surface area contributed by atoms with Crippen LogP contribution in [0.15, 0.2) is 92.8 Å². The standard InChI is InChI=1S/C43H30F6N4O4/c1-19-7-38(55)27(15-37(19)54)34-10-21-3-5-25(13-30(21)51-34)41(42(44,45)46,43(47,48)49)26-6-4-22-11-35(52-31(22)14-26)28-16-40(57)29(17-39(28)56)36-12-24-9-23-8-20(2)50-32(23)18-33(24)53-36/h3-7,9,13-18,54-57H,8,10-12H2,1-2H3. The molecule has 0 atom stereocenters. The molecule has 288 valence electrons. The number of phenolic OH excluding ortho intramolecular Hbond substituents is 4. The van der Waals surface area contributed by atoms with Crippen LogP contribution in [0.1, 0.15) is 62.6 Å². The van der Waals surface area contributed by atoms with E-state index in [-0.39, 0.29) is 75.3 Å². The van der Waals surface area contributed by atoms with Crippen LogP contribution < -0.4 is 0 Å². The van der Waals surface area contributed by atoms with Crippen molar-refractivity contribution in [1.82, 2.24) is 0 Å². The molecule has 0 bridgehead atoms. The molecule has 0 aromatic heterocycles. The molecular formula is C43H30F6N4O4. The largest absolute Gasteiger partial charge is 0.508 e. The summed E-state index contributed by atoms with van der Waals surface area (Å²) >= 11 is 0. The maximum Gasteiger partial charge on any atom is 0.411 e. The Morgan fingerprint density at radius 2 is 0.842 bits per heavy atom. The third-order valence-corrected chi connectivity index (χ3v) is 11.1. The Labute approximate surface area is 320 Å². The molecule has 4 aliphatic heterocycles. The number of benzene rings is 5. The van der Waals surface area contributed by atoms with E-state index in [2.05, 4.69) is 20.0 Å². The topological polar surface area (TPSA) is 130 Å². The van der Waals surface area contributed by atoms with Gasteiger partial charge in [0.25, 0.3) is 0 Å². The lowest BCUT2D eigenvalue weighted by atomic mass is 9.72. The Balaban J connectivity index is 1.07. The second-order valence-electron chi connectivity index (χ2n) is 14.8. The Morgan fingerprint density at radius 1 is 0.439 bits per heavy atom. The zero-order valence-corrected chi connectivity index (χ0v) is 30.1. The molecule has 5 aromatic rings. The highest BCUT2D eigenvalue weighted by atomic mass is 19.4. The third-order valence-electron chi connectivity index (χ3n) is 11.1. The highest BCUT2D eigenvalue weighted by Crippen LogP contribution is 2.58. The highest BCUT2D eigenvalue weighted by Gasteiger charge is 2.72. The van der Waals surface area contributed by atoms with Gasteiger partial charge in [0, 0.05) is 48.1 Å². The van der Waals surface area contributed by atoms with Crippen LogP contribution in [0, 0.1) is 6.92 Å². The van der Waals surface area contributed by atoms with Crippen molar-refractivity contribution in [2.24, 2.45) is 20.0 Å². The van der Waals surface area contributed by atoms with Gasteiger partial charge in [-0.1, -0.05) is 30.3 Å². The second kappa shape index (κ2) is 12.3. The normalized spacial score (nSPS) is 15.8. The summed E-state index contributed by atoms with van der Waals surface area (Å²) < 4.78 is 91.6. The summed E-state index contributed by atoms with van der Waals surface area (Å²) in [7, 11) is 0. The summed E-state index contributed by atoms with van der Waals surface area (Å²) in [5.41, 5.74) is -0.226. The van der Waals surface area contributed by atoms with Crippen LogP contribution in [-0.4, -0.2) is 55.6 Å². The van der Waals surface area contributed by atoms with Gasteiger partial charge in [-0.15, -0.1) is 0 Å². The van der Waals surface area contributed by atoms with Gasteiger partial charge in [-0.2, -0.15) is 26.3 Å². The fourth-order valence-electron chi connectivity index (χ4n) is 8.28. The average molecular weight is 781 g/mol. The molecule has 9 rings (SSSR count). The molecule has 14 heteroatoms. The number of hydrogen-bond acceptors (Lipinski definition) is 8. The molecule has 0 saturated carbocycles. The monoisotopic (exact) mass is 780 g/mol. The van der Waals surface area contributed by atoms with Crippen LogP contribution in [0.25, 0.3) is 0 Å². The molecule has 4 N–H and O–H groups in total. The quantitative estimate of drug-likeness (QED) is 0.105. The maximum absolute atomic E-state index is 15.3. The van der Waals surface area contributed by atoms with Crippen molar-refractivity contribution in [1.29, 1.82) is 0 Å². The highest BCUT2D eigenvalue weighted by molar-refractivity contribution is 6.13. The Morgan fingerprint density at radius 3 is 1.33 bits per heavy atom. The first-order chi connectivity index (χ1) is 26.9. The van der Waals surface area contributed by atoms with Gasteiger partial charge in [-0.05, 0) is 95.3 Å². The number of fused-ring (bicyclic) bond motifs is 4. The summed E-state index contributed by atoms with van der Waals surface area (Å²) in [4.78, 5) is 17.9. The fraction of sp³-hybridized carbons (Fsp3) is 0.209. The number of nitrogens with zero attached hydrogens (tertiary/aromatic N) is 4. The van der Waals surface area contributed by atoms with Crippen molar-refractivity contribution in [2.45, 2.75) is 57.3 Å². The molecular weight excluding hydrogens is 750 g/mol. The van der Waals surface area contributed by atoms with Crippen LogP contribution in [0.3, 0.4) is 0 Å². The third kappa shape index (κ3) is 5.59. The van der Waals surface area contributed by atoms with Gasteiger partial charge >= 0.3 is 12.4 Å². The van der Waals surface area contributed by atoms with Crippen LogP contribution >= 0.6 is 0 Å². The molecule has 0 radical (unpaired) electrons. The first-order valence-corrected chi connectivity index (χ1v) is 17.8. The summed E-state index contributed by atoms with van der Waals surface area (Å²) in [5.74, 6) is -0.957. The second-order valence-corrected chi connectivity index (χ2v) is 14.8. The van der Waals surface area contributed by atoms with Crippen LogP contribution in [0.4, 0.5) is 49.1 Å². The van der Waals surface area contributed by atoms with E-state index in [1.54, 1.807) is 6.92 Å². The molecule has 0 fully saturated rings. The number of halogens is 6. The Bertz CT molecular complexity index is 2730. The number of alkyl halides is 6. The van der Waals surface area contributed by atoms with Crippen LogP contribution in [-0.2, 0) is 31.1 Å². The minimum absolute atomic E-state index is 0.00482. The fourth-order valence-corrected chi connectivity index (χ4v) is 8.28. The Hall–Kier alpha value is -6.44. The number of aromatic hydroxyl groups is 4. The number of phenols is 4. The molecule has 0 spiro atoms. The van der Waals surface area contributed by atoms with E-state index in [9.17, 15) is 20.4 Å². The van der Waals surface area contributed by atoms with Gasteiger partial charge in [0.05, 0.1) is 39.9 Å². The number of rotatable bonds is 5. The minimum atomic E-state index is -5.89. The average Bonchev–Trinajstić information content (AvgIpc) is 3.92. The smallest absolute Gasteiger partial charge is 0.411 e. The predicted molar refractivity (Wildman–Crippen MR) is 203 cm³/mol. The van der Waals surface area contributed by atoms with E-state index in [4.69, 9.17) is 0 Å². The summed E-state index contributed by atoms with van der Waals surface area (Å²) in [6.07, 6.45) is -10.7. The molecule has 57 heavy (non-hydrogen) atoms. The first-order valence-electron chi connectivity index (χ1n) is 17.8. The lowest BCUT2D eigenvalue weighted by Crippen LogP contribution is -2.54. The van der Waals surface area contributed by atoms with Gasteiger partial charge in [0.2, 0.25) is 5.41 Å². The van der Waals surface area contributed by atoms with E-state index in [1.165, 1.54) is 24.3 Å². The van der Waals surface area contributed by atoms with Gasteiger partial charge in [0.15, 0.2) is 0 Å². The van der Waals surface area contributed by atoms with Gasteiger partial charge in [-0.25, -0.2) is 0 Å². The Kier molecular flexibility index (Phi) is 7.80. The van der Waals surface area contributed by atoms with Crippen molar-refractivity contribution in [3.63, 3.8) is 0 Å². The van der Waals surface area contributed by atoms with Gasteiger partial charge in [-0.3, -0.25) is 20.0 Å². The molecule has 0 aliphatic carbocycles. The minimum Gasteiger partial charge on any atom is -0.508 e. The predicted octanol–water partition coefficient (Wildman–Crippen LogP) is 9.91. The summed E-state index contributed by atoms with van der Waals surface area (Å²) in [6, 6.07) is 14.4. The first kappa shape index (κ1) is 36.2. The van der Waals surface area contributed by atoms with E-state index in [0.29, 0.717) is 34.5 Å². The molecule has 0 saturated heterocycles. The van der Waals surface area contributed by atoms with Crippen molar-refractivity contribution in [3.8, 4) is 23.0 Å². The zero-order chi connectivity index (χ0) is 40.3. The van der Waals surface area contributed by atoms with E-state index >= 15 is 26.3 Å². The zero-order valence-electron chi connectivity index (χ0n) is 30.1. The van der Waals surface area contributed by atoms with E-state index in [0.717, 1.165) is 65.3 Å². The maximum atomic E-state index is 15.3. The van der Waals surface area contributed by atoms with Gasteiger partial charge < -0.3 is 20.4 Å². The molecule has 4 aliphatic rings. The molecule has 0 amide bonds. The number of aliphatic imine (C=N–C) groups is 4. The molecule has 5 aromatic carbocycles. The lowest BCUT2D eigenvalue weighted by Gasteiger charge is -2.38. The van der Waals surface area contributed by atoms with E-state index < -0.39 is 28.9 Å². The molecule has 8 nitrogen and oxygen atoms in total. The SMILES string of the molecule is CC1=Nc2cc3c(cc2C1)CC(c1cc(O)c(C2=Nc4cc(C(c5ccc6c(c5)N=C(c5cc(O)c(C)cc5O)C6)(C(F)(F)F)C(F)(F)F)ccc4C2)cc1O)=N3. The van der Waals surface area contributed by atoms with Crippen molar-refractivity contribution < 1.29 is 46.8 Å². The molecule has 4 heterocycles. The summed E-state index contributed by atoms with van der Waals surface area (Å²) in [6.45, 7) is 3.50. The van der Waals surface area contributed by atoms with E-state index in [1.807, 2.05) is 19.1 Å². The number of aryl methyl sites for hydroxylation is 1.